The molecule has 0 aliphatic carbocycles. The van der Waals surface area contributed by atoms with Gasteiger partial charge < -0.3 is 19.4 Å². The van der Waals surface area contributed by atoms with E-state index in [1.54, 1.807) is 12.0 Å². The minimum absolute atomic E-state index is 0.0730. The van der Waals surface area contributed by atoms with Gasteiger partial charge in [-0.15, -0.1) is 0 Å². The molecule has 1 fully saturated rings. The van der Waals surface area contributed by atoms with Crippen LogP contribution in [0.4, 0.5) is 36.6 Å². The zero-order valence-corrected chi connectivity index (χ0v) is 19.8. The molecule has 0 saturated carbocycles. The lowest BCUT2D eigenvalue weighted by atomic mass is 10.2. The minimum Gasteiger partial charge on any atom is -0.497 e. The third-order valence-electron chi connectivity index (χ3n) is 6.13. The number of ether oxygens (including phenoxy) is 1. The molecule has 0 atom stereocenters. The molecule has 1 saturated heterocycles. The molecule has 8 nitrogen and oxygen atoms in total. The smallest absolute Gasteiger partial charge is 0.433 e. The number of anilines is 4. The highest BCUT2D eigenvalue weighted by Gasteiger charge is 2.33. The molecule has 0 amide bonds. The first-order chi connectivity index (χ1) is 17.3. The fourth-order valence-electron chi connectivity index (χ4n) is 4.14. The molecule has 5 rings (SSSR count). The molecule has 0 bridgehead atoms. The number of rotatable bonds is 5. The van der Waals surface area contributed by atoms with Gasteiger partial charge in [-0.2, -0.15) is 18.2 Å². The molecule has 4 aromatic rings. The molecule has 1 aliphatic heterocycles. The molecule has 11 heteroatoms. The van der Waals surface area contributed by atoms with E-state index in [0.717, 1.165) is 40.4 Å². The molecule has 0 spiro atoms. The maximum atomic E-state index is 13.1. The summed E-state index contributed by atoms with van der Waals surface area (Å²) in [7, 11) is 3.57. The van der Waals surface area contributed by atoms with E-state index in [4.69, 9.17) is 14.7 Å². The quantitative estimate of drug-likeness (QED) is 0.400. The number of hydrogen-bond acceptors (Lipinski definition) is 8. The van der Waals surface area contributed by atoms with Crippen LogP contribution < -0.4 is 19.4 Å². The number of hydrogen-bond donors (Lipinski definition) is 0. The molecule has 0 radical (unpaired) electrons. The van der Waals surface area contributed by atoms with E-state index in [9.17, 15) is 13.2 Å². The molecule has 0 N–H and O–H groups in total. The van der Waals surface area contributed by atoms with E-state index in [-0.39, 0.29) is 5.95 Å². The molecule has 2 aromatic heterocycles. The number of fused-ring (bicyclic) bond motifs is 1. The van der Waals surface area contributed by atoms with Crippen molar-refractivity contribution in [1.82, 2.24) is 19.9 Å². The van der Waals surface area contributed by atoms with Gasteiger partial charge in [0, 0.05) is 50.5 Å². The van der Waals surface area contributed by atoms with Crippen molar-refractivity contribution in [2.24, 2.45) is 0 Å². The van der Waals surface area contributed by atoms with Crippen molar-refractivity contribution < 1.29 is 17.9 Å². The van der Waals surface area contributed by atoms with Gasteiger partial charge in [-0.3, -0.25) is 0 Å². The van der Waals surface area contributed by atoms with Gasteiger partial charge in [-0.05, 0) is 42.5 Å². The van der Waals surface area contributed by atoms with E-state index < -0.39 is 11.9 Å². The maximum absolute atomic E-state index is 13.1. The van der Waals surface area contributed by atoms with E-state index in [0.29, 0.717) is 32.1 Å². The Hall–Kier alpha value is -4.15. The van der Waals surface area contributed by atoms with E-state index in [1.807, 2.05) is 65.4 Å². The number of aromatic nitrogens is 4. The van der Waals surface area contributed by atoms with Crippen LogP contribution in [0.1, 0.15) is 5.69 Å². The summed E-state index contributed by atoms with van der Waals surface area (Å²) < 4.78 is 44.5. The molecular formula is C25H24F3N7O. The van der Waals surface area contributed by atoms with Crippen molar-refractivity contribution >= 4 is 34.3 Å². The number of halogens is 3. The summed E-state index contributed by atoms with van der Waals surface area (Å²) in [5, 5.41) is 0.913. The van der Waals surface area contributed by atoms with Gasteiger partial charge in [-0.25, -0.2) is 15.0 Å². The lowest BCUT2D eigenvalue weighted by Crippen LogP contribution is -2.47. The van der Waals surface area contributed by atoms with Crippen molar-refractivity contribution in [2.45, 2.75) is 6.18 Å². The first kappa shape index (κ1) is 23.6. The summed E-state index contributed by atoms with van der Waals surface area (Å²) in [5.41, 5.74) is 0.803. The second-order valence-electron chi connectivity index (χ2n) is 8.34. The van der Waals surface area contributed by atoms with Crippen LogP contribution in [0.3, 0.4) is 0 Å². The lowest BCUT2D eigenvalue weighted by Gasteiger charge is -2.35. The van der Waals surface area contributed by atoms with E-state index in [1.165, 1.54) is 0 Å². The lowest BCUT2D eigenvalue weighted by molar-refractivity contribution is -0.141. The fraction of sp³-hybridized carbons (Fsp3) is 0.280. The third kappa shape index (κ3) is 4.68. The highest BCUT2D eigenvalue weighted by Crippen LogP contribution is 2.32. The summed E-state index contributed by atoms with van der Waals surface area (Å²) in [6.45, 7) is 1.93. The Kier molecular flexibility index (Phi) is 6.21. The minimum atomic E-state index is -4.51. The normalized spacial score (nSPS) is 14.2. The van der Waals surface area contributed by atoms with Crippen molar-refractivity contribution in [3.63, 3.8) is 0 Å². The average Bonchev–Trinajstić information content (AvgIpc) is 2.92. The predicted molar refractivity (Wildman–Crippen MR) is 132 cm³/mol. The Morgan fingerprint density at radius 3 is 2.17 bits per heavy atom. The SMILES string of the molecule is COc1ccc(N(C)c2nc(N3CCN(c4nccc(C(F)(F)F)n4)CC3)nc3ccccc23)cc1. The Morgan fingerprint density at radius 1 is 0.833 bits per heavy atom. The first-order valence-corrected chi connectivity index (χ1v) is 11.4. The zero-order chi connectivity index (χ0) is 25.3. The number of benzene rings is 2. The van der Waals surface area contributed by atoms with E-state index >= 15 is 0 Å². The number of alkyl halides is 3. The van der Waals surface area contributed by atoms with E-state index in [2.05, 4.69) is 9.97 Å². The Labute approximate surface area is 206 Å². The van der Waals surface area contributed by atoms with Crippen LogP contribution in [-0.2, 0) is 6.18 Å². The van der Waals surface area contributed by atoms with Crippen LogP contribution in [0.25, 0.3) is 10.9 Å². The molecule has 2 aromatic carbocycles. The third-order valence-corrected chi connectivity index (χ3v) is 6.13. The van der Waals surface area contributed by atoms with Crippen molar-refractivity contribution in [3.05, 3.63) is 66.5 Å². The summed E-state index contributed by atoms with van der Waals surface area (Å²) in [5.74, 6) is 2.16. The monoisotopic (exact) mass is 495 g/mol. The van der Waals surface area contributed by atoms with Crippen LogP contribution in [0.5, 0.6) is 5.75 Å². The van der Waals surface area contributed by atoms with Crippen molar-refractivity contribution in [1.29, 1.82) is 0 Å². The molecule has 36 heavy (non-hydrogen) atoms. The number of para-hydroxylation sites is 1. The fourth-order valence-corrected chi connectivity index (χ4v) is 4.14. The highest BCUT2D eigenvalue weighted by atomic mass is 19.4. The van der Waals surface area contributed by atoms with Gasteiger partial charge in [0.1, 0.15) is 17.3 Å². The molecular weight excluding hydrogens is 471 g/mol. The van der Waals surface area contributed by atoms with Crippen LogP contribution >= 0.6 is 0 Å². The van der Waals surface area contributed by atoms with Gasteiger partial charge in [0.15, 0.2) is 0 Å². The summed E-state index contributed by atoms with van der Waals surface area (Å²) in [6, 6.07) is 16.4. The molecule has 3 heterocycles. The standard InChI is InChI=1S/C25H24F3N7O/c1-33(17-7-9-18(36-2)10-8-17)22-19-5-3-4-6-20(19)30-24(32-22)35-15-13-34(14-16-35)23-29-12-11-21(31-23)25(26,27)28/h3-12H,13-16H2,1-2H3. The number of methoxy groups -OCH3 is 1. The zero-order valence-electron chi connectivity index (χ0n) is 19.8. The molecule has 0 unspecified atom stereocenters. The topological polar surface area (TPSA) is 70.5 Å². The van der Waals surface area contributed by atoms with Crippen molar-refractivity contribution in [2.75, 3.05) is 55.0 Å². The summed E-state index contributed by atoms with van der Waals surface area (Å²) in [6.07, 6.45) is -3.37. The van der Waals surface area contributed by atoms with Crippen molar-refractivity contribution in [3.8, 4) is 5.75 Å². The van der Waals surface area contributed by atoms with Crippen LogP contribution in [0.2, 0.25) is 0 Å². The molecule has 1 aliphatic rings. The second kappa shape index (κ2) is 9.48. The van der Waals surface area contributed by atoms with Gasteiger partial charge in [0.25, 0.3) is 0 Å². The van der Waals surface area contributed by atoms with Gasteiger partial charge in [-0.1, -0.05) is 12.1 Å². The Morgan fingerprint density at radius 2 is 1.50 bits per heavy atom. The summed E-state index contributed by atoms with van der Waals surface area (Å²) >= 11 is 0. The molecule has 186 valence electrons. The van der Waals surface area contributed by atoms with Crippen LogP contribution in [0.15, 0.2) is 60.8 Å². The predicted octanol–water partition coefficient (Wildman–Crippen LogP) is 4.54. The van der Waals surface area contributed by atoms with Crippen LogP contribution in [0, 0.1) is 0 Å². The maximum Gasteiger partial charge on any atom is 0.433 e. The Bertz CT molecular complexity index is 1360. The Balaban J connectivity index is 1.40. The largest absolute Gasteiger partial charge is 0.497 e. The summed E-state index contributed by atoms with van der Waals surface area (Å²) in [4.78, 5) is 23.2. The number of piperazine rings is 1. The number of nitrogens with zero attached hydrogens (tertiary/aromatic N) is 7. The second-order valence-corrected chi connectivity index (χ2v) is 8.34. The van der Waals surface area contributed by atoms with Gasteiger partial charge >= 0.3 is 6.18 Å². The average molecular weight is 496 g/mol. The first-order valence-electron chi connectivity index (χ1n) is 11.4. The van der Waals surface area contributed by atoms with Gasteiger partial charge in [0.05, 0.1) is 12.6 Å². The highest BCUT2D eigenvalue weighted by molar-refractivity contribution is 5.92. The van der Waals surface area contributed by atoms with Gasteiger partial charge in [0.2, 0.25) is 11.9 Å². The van der Waals surface area contributed by atoms with Crippen LogP contribution in [-0.4, -0.2) is 60.3 Å².